The fraction of sp³-hybridized carbons (Fsp3) is 0.455. The molecule has 1 aromatic heterocycles. The van der Waals surface area contributed by atoms with Crippen LogP contribution < -0.4 is 19.7 Å². The molecule has 2 heterocycles. The lowest BCUT2D eigenvalue weighted by molar-refractivity contribution is -0.129. The van der Waals surface area contributed by atoms with Gasteiger partial charge in [0.05, 0.1) is 31.5 Å². The summed E-state index contributed by atoms with van der Waals surface area (Å²) < 4.78 is 11.1. The second-order valence-corrected chi connectivity index (χ2v) is 7.63. The maximum Gasteiger partial charge on any atom is 0.263 e. The number of benzene rings is 1. The Morgan fingerprint density at radius 1 is 1.28 bits per heavy atom. The molecule has 7 heteroatoms. The lowest BCUT2D eigenvalue weighted by Crippen LogP contribution is -2.54. The van der Waals surface area contributed by atoms with Crippen molar-refractivity contribution in [1.82, 2.24) is 10.3 Å². The van der Waals surface area contributed by atoms with Gasteiger partial charge in [-0.2, -0.15) is 0 Å². The number of aliphatic hydroxyl groups is 1. The average molecular weight is 397 g/mol. The van der Waals surface area contributed by atoms with Gasteiger partial charge in [-0.15, -0.1) is 0 Å². The molecular formula is C22H27N3O4. The number of anilines is 1. The summed E-state index contributed by atoms with van der Waals surface area (Å²) in [5.41, 5.74) is 1.97. The average Bonchev–Trinajstić information content (AvgIpc) is 2.76. The number of carbonyl (C=O) groups excluding carboxylic acids is 1. The standard InChI is InChI=1S/C22H27N3O4/c1-28-21-11-10-15(12-23-21)13-25-14-20(29-19-9-5-3-7-17(19)25)22(27)24-16-6-2-4-8-18(16)26/h3,5,7,9-12,16,18,20,26H,2,4,6,8,13-14H2,1H3,(H,24,27). The number of aromatic nitrogens is 1. The number of ether oxygens (including phenoxy) is 2. The molecule has 0 radical (unpaired) electrons. The first-order valence-electron chi connectivity index (χ1n) is 10.1. The maximum absolute atomic E-state index is 12.9. The molecule has 7 nitrogen and oxygen atoms in total. The molecule has 2 aliphatic rings. The van der Waals surface area contributed by atoms with Crippen molar-refractivity contribution in [3.63, 3.8) is 0 Å². The van der Waals surface area contributed by atoms with E-state index in [4.69, 9.17) is 9.47 Å². The smallest absolute Gasteiger partial charge is 0.263 e. The number of methoxy groups -OCH3 is 1. The second-order valence-electron chi connectivity index (χ2n) is 7.63. The lowest BCUT2D eigenvalue weighted by Gasteiger charge is -2.37. The van der Waals surface area contributed by atoms with Crippen LogP contribution in [0.1, 0.15) is 31.2 Å². The minimum absolute atomic E-state index is 0.177. The van der Waals surface area contributed by atoms with E-state index in [1.807, 2.05) is 36.4 Å². The Kier molecular flexibility index (Phi) is 5.85. The van der Waals surface area contributed by atoms with Crippen molar-refractivity contribution in [3.8, 4) is 11.6 Å². The number of pyridine rings is 1. The molecule has 1 fully saturated rings. The largest absolute Gasteiger partial charge is 0.481 e. The lowest BCUT2D eigenvalue weighted by atomic mass is 9.92. The fourth-order valence-corrected chi connectivity index (χ4v) is 3.99. The van der Waals surface area contributed by atoms with Crippen molar-refractivity contribution >= 4 is 11.6 Å². The van der Waals surface area contributed by atoms with Gasteiger partial charge in [0, 0.05) is 18.8 Å². The molecule has 1 aromatic carbocycles. The molecular weight excluding hydrogens is 370 g/mol. The highest BCUT2D eigenvalue weighted by Crippen LogP contribution is 2.34. The van der Waals surface area contributed by atoms with Gasteiger partial charge in [-0.05, 0) is 30.5 Å². The van der Waals surface area contributed by atoms with E-state index in [1.165, 1.54) is 0 Å². The number of rotatable bonds is 5. The van der Waals surface area contributed by atoms with Crippen molar-refractivity contribution in [2.24, 2.45) is 0 Å². The molecule has 0 bridgehead atoms. The highest BCUT2D eigenvalue weighted by Gasteiger charge is 2.33. The molecule has 4 rings (SSSR count). The monoisotopic (exact) mass is 397 g/mol. The van der Waals surface area contributed by atoms with E-state index in [0.29, 0.717) is 24.7 Å². The highest BCUT2D eigenvalue weighted by molar-refractivity contribution is 5.83. The summed E-state index contributed by atoms with van der Waals surface area (Å²) in [5, 5.41) is 13.2. The number of aliphatic hydroxyl groups excluding tert-OH is 1. The first kappa shape index (κ1) is 19.5. The zero-order valence-corrected chi connectivity index (χ0v) is 16.6. The third kappa shape index (κ3) is 4.45. The van der Waals surface area contributed by atoms with Gasteiger partial charge < -0.3 is 24.8 Å². The van der Waals surface area contributed by atoms with Crippen molar-refractivity contribution < 1.29 is 19.4 Å². The molecule has 0 saturated heterocycles. The zero-order chi connectivity index (χ0) is 20.2. The molecule has 2 N–H and O–H groups in total. The number of hydrogen-bond acceptors (Lipinski definition) is 6. The number of amides is 1. The summed E-state index contributed by atoms with van der Waals surface area (Å²) in [7, 11) is 1.59. The number of hydrogen-bond donors (Lipinski definition) is 2. The normalized spacial score (nSPS) is 23.7. The number of carbonyl (C=O) groups is 1. The summed E-state index contributed by atoms with van der Waals surface area (Å²) >= 11 is 0. The van der Waals surface area contributed by atoms with E-state index >= 15 is 0 Å². The quantitative estimate of drug-likeness (QED) is 0.805. The number of fused-ring (bicyclic) bond motifs is 1. The molecule has 1 aliphatic heterocycles. The Balaban J connectivity index is 1.49. The first-order valence-corrected chi connectivity index (χ1v) is 10.1. The summed E-state index contributed by atoms with van der Waals surface area (Å²) in [5.74, 6) is 1.08. The zero-order valence-electron chi connectivity index (χ0n) is 16.6. The van der Waals surface area contributed by atoms with E-state index in [-0.39, 0.29) is 11.9 Å². The van der Waals surface area contributed by atoms with Crippen LogP contribution in [0.25, 0.3) is 0 Å². The Morgan fingerprint density at radius 2 is 2.10 bits per heavy atom. The predicted octanol–water partition coefficient (Wildman–Crippen LogP) is 2.28. The van der Waals surface area contributed by atoms with Crippen LogP contribution in [0.3, 0.4) is 0 Å². The van der Waals surface area contributed by atoms with Gasteiger partial charge in [-0.25, -0.2) is 4.98 Å². The van der Waals surface area contributed by atoms with Gasteiger partial charge in [0.2, 0.25) is 5.88 Å². The minimum Gasteiger partial charge on any atom is -0.481 e. The Bertz CT molecular complexity index is 842. The van der Waals surface area contributed by atoms with Gasteiger partial charge in [0.1, 0.15) is 5.75 Å². The van der Waals surface area contributed by atoms with Crippen molar-refractivity contribution in [1.29, 1.82) is 0 Å². The summed E-state index contributed by atoms with van der Waals surface area (Å²) in [6.45, 7) is 1.03. The van der Waals surface area contributed by atoms with Gasteiger partial charge in [-0.3, -0.25) is 4.79 Å². The van der Waals surface area contributed by atoms with E-state index in [9.17, 15) is 9.90 Å². The van der Waals surface area contributed by atoms with E-state index < -0.39 is 12.2 Å². The SMILES string of the molecule is COc1ccc(CN2CC(C(=O)NC3CCCCC3O)Oc3ccccc32)cn1. The van der Waals surface area contributed by atoms with Crippen LogP contribution in [0.2, 0.25) is 0 Å². The molecule has 1 aliphatic carbocycles. The molecule has 3 unspecified atom stereocenters. The van der Waals surface area contributed by atoms with E-state index in [0.717, 1.165) is 36.9 Å². The number of nitrogens with zero attached hydrogens (tertiary/aromatic N) is 2. The third-order valence-corrected chi connectivity index (χ3v) is 5.59. The Hall–Kier alpha value is -2.80. The van der Waals surface area contributed by atoms with Crippen LogP contribution in [-0.4, -0.2) is 47.9 Å². The van der Waals surface area contributed by atoms with Gasteiger partial charge in [-0.1, -0.05) is 31.0 Å². The minimum atomic E-state index is -0.634. The van der Waals surface area contributed by atoms with Crippen molar-refractivity contribution in [2.75, 3.05) is 18.6 Å². The van der Waals surface area contributed by atoms with Crippen LogP contribution >= 0.6 is 0 Å². The van der Waals surface area contributed by atoms with Gasteiger partial charge in [0.15, 0.2) is 6.10 Å². The van der Waals surface area contributed by atoms with Crippen LogP contribution in [-0.2, 0) is 11.3 Å². The summed E-state index contributed by atoms with van der Waals surface area (Å²) in [6.07, 6.45) is 4.23. The molecule has 29 heavy (non-hydrogen) atoms. The number of para-hydroxylation sites is 2. The van der Waals surface area contributed by atoms with Crippen molar-refractivity contribution in [3.05, 3.63) is 48.2 Å². The van der Waals surface area contributed by atoms with Gasteiger partial charge >= 0.3 is 0 Å². The molecule has 154 valence electrons. The van der Waals surface area contributed by atoms with E-state index in [1.54, 1.807) is 13.3 Å². The van der Waals surface area contributed by atoms with Crippen LogP contribution in [0.4, 0.5) is 5.69 Å². The van der Waals surface area contributed by atoms with E-state index in [2.05, 4.69) is 15.2 Å². The van der Waals surface area contributed by atoms with Crippen molar-refractivity contribution in [2.45, 2.75) is 50.5 Å². The maximum atomic E-state index is 12.9. The number of nitrogens with one attached hydrogen (secondary N) is 1. The third-order valence-electron chi connectivity index (χ3n) is 5.59. The fourth-order valence-electron chi connectivity index (χ4n) is 3.99. The molecule has 1 saturated carbocycles. The molecule has 0 spiro atoms. The van der Waals surface area contributed by atoms with Crippen LogP contribution in [0.5, 0.6) is 11.6 Å². The first-order chi connectivity index (χ1) is 14.1. The van der Waals surface area contributed by atoms with Gasteiger partial charge in [0.25, 0.3) is 5.91 Å². The molecule has 2 aromatic rings. The molecule has 3 atom stereocenters. The summed E-state index contributed by atoms with van der Waals surface area (Å²) in [6, 6.07) is 11.3. The highest BCUT2D eigenvalue weighted by atomic mass is 16.5. The topological polar surface area (TPSA) is 83.9 Å². The van der Waals surface area contributed by atoms with Crippen LogP contribution in [0.15, 0.2) is 42.6 Å². The summed E-state index contributed by atoms with van der Waals surface area (Å²) in [4.78, 5) is 19.3. The second kappa shape index (κ2) is 8.69. The predicted molar refractivity (Wildman–Crippen MR) is 109 cm³/mol. The molecule has 1 amide bonds. The van der Waals surface area contributed by atoms with Crippen LogP contribution in [0, 0.1) is 0 Å². The Morgan fingerprint density at radius 3 is 2.86 bits per heavy atom. The Labute approximate surface area is 170 Å².